The molecule has 24 heavy (non-hydrogen) atoms. The van der Waals surface area contributed by atoms with Crippen molar-refractivity contribution in [1.29, 1.82) is 0 Å². The molecule has 2 rings (SSSR count). The van der Waals surface area contributed by atoms with Crippen molar-refractivity contribution in [3.8, 4) is 0 Å². The fourth-order valence-electron chi connectivity index (χ4n) is 2.06. The summed E-state index contributed by atoms with van der Waals surface area (Å²) >= 11 is 1.21. The second-order valence-corrected chi connectivity index (χ2v) is 7.73. The maximum absolute atomic E-state index is 12.2. The molecular weight excluding hydrogens is 348 g/mol. The first kappa shape index (κ1) is 18.4. The van der Waals surface area contributed by atoms with E-state index in [9.17, 15) is 13.2 Å². The predicted octanol–water partition coefficient (Wildman–Crippen LogP) is 1.51. The smallest absolute Gasteiger partial charge is 0.256 e. The lowest BCUT2D eigenvalue weighted by atomic mass is 10.2. The summed E-state index contributed by atoms with van der Waals surface area (Å²) in [6, 6.07) is 6.58. The molecule has 0 fully saturated rings. The van der Waals surface area contributed by atoms with E-state index in [1.54, 1.807) is 38.2 Å². The number of nitrogens with one attached hydrogen (secondary N) is 3. The van der Waals surface area contributed by atoms with Crippen LogP contribution in [0, 0.1) is 13.8 Å². The Labute approximate surface area is 145 Å². The maximum atomic E-state index is 12.2. The quantitative estimate of drug-likeness (QED) is 0.643. The van der Waals surface area contributed by atoms with Gasteiger partial charge in [0.05, 0.1) is 16.2 Å². The van der Waals surface area contributed by atoms with Gasteiger partial charge in [0.2, 0.25) is 10.0 Å². The zero-order valence-corrected chi connectivity index (χ0v) is 15.3. The Hall–Kier alpha value is -1.97. The summed E-state index contributed by atoms with van der Waals surface area (Å²) in [4.78, 5) is 12.4. The number of anilines is 1. The third-order valence-corrected chi connectivity index (χ3v) is 5.78. The lowest BCUT2D eigenvalue weighted by Crippen LogP contribution is -2.35. The number of aryl methyl sites for hydroxylation is 2. The normalized spacial score (nSPS) is 11.3. The summed E-state index contributed by atoms with van der Waals surface area (Å²) in [5.41, 5.74) is 2.12. The van der Waals surface area contributed by atoms with E-state index in [1.165, 1.54) is 11.5 Å². The number of rotatable bonds is 7. The lowest BCUT2D eigenvalue weighted by molar-refractivity contribution is 0.0954. The number of sulfonamides is 1. The number of carbonyl (C=O) groups is 1. The minimum atomic E-state index is -3.57. The average molecular weight is 368 g/mol. The van der Waals surface area contributed by atoms with Gasteiger partial charge < -0.3 is 10.6 Å². The van der Waals surface area contributed by atoms with E-state index >= 15 is 0 Å². The minimum absolute atomic E-state index is 0.105. The zero-order valence-electron chi connectivity index (χ0n) is 13.7. The van der Waals surface area contributed by atoms with E-state index in [0.29, 0.717) is 16.3 Å². The highest BCUT2D eigenvalue weighted by Gasteiger charge is 2.18. The highest BCUT2D eigenvalue weighted by molar-refractivity contribution is 7.89. The van der Waals surface area contributed by atoms with Crippen LogP contribution in [0.5, 0.6) is 0 Å². The molecule has 0 aliphatic carbocycles. The molecule has 1 heterocycles. The van der Waals surface area contributed by atoms with Gasteiger partial charge in [-0.05, 0) is 37.5 Å². The lowest BCUT2D eigenvalue weighted by Gasteiger charge is -2.09. The Bertz CT molecular complexity index is 814. The van der Waals surface area contributed by atoms with Gasteiger partial charge in [-0.25, -0.2) is 13.1 Å². The summed E-state index contributed by atoms with van der Waals surface area (Å²) in [7, 11) is -1.85. The Morgan fingerprint density at radius 2 is 1.83 bits per heavy atom. The third kappa shape index (κ3) is 4.31. The van der Waals surface area contributed by atoms with Crippen molar-refractivity contribution in [1.82, 2.24) is 14.4 Å². The van der Waals surface area contributed by atoms with Gasteiger partial charge in [0.25, 0.3) is 5.91 Å². The largest absolute Gasteiger partial charge is 0.378 e. The van der Waals surface area contributed by atoms with Crippen molar-refractivity contribution in [3.63, 3.8) is 0 Å². The fourth-order valence-corrected chi connectivity index (χ4v) is 3.83. The summed E-state index contributed by atoms with van der Waals surface area (Å²) in [5, 5.41) is 6.30. The Morgan fingerprint density at radius 1 is 1.17 bits per heavy atom. The first-order chi connectivity index (χ1) is 11.3. The molecule has 0 unspecified atom stereocenters. The molecule has 0 atom stereocenters. The van der Waals surface area contributed by atoms with Crippen LogP contribution in [-0.2, 0) is 10.0 Å². The number of nitrogens with zero attached hydrogens (tertiary/aromatic N) is 1. The van der Waals surface area contributed by atoms with E-state index < -0.39 is 10.0 Å². The molecular formula is C15H20N4O3S2. The van der Waals surface area contributed by atoms with Crippen molar-refractivity contribution >= 4 is 32.5 Å². The van der Waals surface area contributed by atoms with Crippen LogP contribution in [0.15, 0.2) is 29.2 Å². The third-order valence-electron chi connectivity index (χ3n) is 3.35. The Balaban J connectivity index is 1.89. The number of amides is 1. The molecule has 130 valence electrons. The summed E-state index contributed by atoms with van der Waals surface area (Å²) in [6.45, 7) is 3.93. The molecule has 1 amide bonds. The highest BCUT2D eigenvalue weighted by Crippen LogP contribution is 2.23. The number of aromatic nitrogens is 1. The molecule has 1 aromatic heterocycles. The van der Waals surface area contributed by atoms with Gasteiger partial charge in [-0.2, -0.15) is 4.37 Å². The molecule has 2 aromatic rings. The molecule has 9 heteroatoms. The van der Waals surface area contributed by atoms with Crippen molar-refractivity contribution in [3.05, 3.63) is 41.1 Å². The van der Waals surface area contributed by atoms with E-state index in [-0.39, 0.29) is 23.9 Å². The van der Waals surface area contributed by atoms with Gasteiger partial charge in [0.15, 0.2) is 0 Å². The van der Waals surface area contributed by atoms with Crippen LogP contribution in [0.3, 0.4) is 0 Å². The molecule has 0 aliphatic heterocycles. The standard InChI is InChI=1S/C15H20N4O3S2/c1-10-4-6-12(7-5-10)24(21,22)18-9-8-17-14(20)13-11(2)19-23-15(13)16-3/h4-7,16,18H,8-9H2,1-3H3,(H,17,20). The molecule has 0 saturated carbocycles. The predicted molar refractivity (Wildman–Crippen MR) is 95.1 cm³/mol. The van der Waals surface area contributed by atoms with E-state index in [1.807, 2.05) is 6.92 Å². The van der Waals surface area contributed by atoms with Gasteiger partial charge in [-0.15, -0.1) is 0 Å². The van der Waals surface area contributed by atoms with Gasteiger partial charge in [0, 0.05) is 20.1 Å². The number of carbonyl (C=O) groups excluding carboxylic acids is 1. The summed E-state index contributed by atoms with van der Waals surface area (Å²) in [6.07, 6.45) is 0. The monoisotopic (exact) mass is 368 g/mol. The van der Waals surface area contributed by atoms with Crippen LogP contribution in [0.4, 0.5) is 5.00 Å². The van der Waals surface area contributed by atoms with Gasteiger partial charge in [0.1, 0.15) is 5.00 Å². The molecule has 0 saturated heterocycles. The highest BCUT2D eigenvalue weighted by atomic mass is 32.2. The van der Waals surface area contributed by atoms with Gasteiger partial charge >= 0.3 is 0 Å². The van der Waals surface area contributed by atoms with Crippen LogP contribution < -0.4 is 15.4 Å². The molecule has 0 aliphatic rings. The second kappa shape index (κ2) is 7.73. The minimum Gasteiger partial charge on any atom is -0.378 e. The first-order valence-electron chi connectivity index (χ1n) is 7.33. The van der Waals surface area contributed by atoms with Gasteiger partial charge in [-0.1, -0.05) is 17.7 Å². The van der Waals surface area contributed by atoms with E-state index in [2.05, 4.69) is 19.7 Å². The van der Waals surface area contributed by atoms with Crippen LogP contribution in [0.2, 0.25) is 0 Å². The molecule has 0 spiro atoms. The summed E-state index contributed by atoms with van der Waals surface area (Å²) < 4.78 is 30.9. The zero-order chi connectivity index (χ0) is 17.7. The van der Waals surface area contributed by atoms with Crippen LogP contribution in [0.1, 0.15) is 21.6 Å². The molecule has 0 radical (unpaired) electrons. The van der Waals surface area contributed by atoms with Crippen LogP contribution in [-0.4, -0.2) is 38.8 Å². The van der Waals surface area contributed by atoms with E-state index in [0.717, 1.165) is 5.56 Å². The molecule has 0 bridgehead atoms. The van der Waals surface area contributed by atoms with Crippen LogP contribution >= 0.6 is 11.5 Å². The molecule has 7 nitrogen and oxygen atoms in total. The van der Waals surface area contributed by atoms with Crippen molar-refractivity contribution < 1.29 is 13.2 Å². The van der Waals surface area contributed by atoms with Crippen molar-refractivity contribution in [2.75, 3.05) is 25.5 Å². The topological polar surface area (TPSA) is 100 Å². The van der Waals surface area contributed by atoms with Gasteiger partial charge in [-0.3, -0.25) is 4.79 Å². The first-order valence-corrected chi connectivity index (χ1v) is 9.59. The van der Waals surface area contributed by atoms with Crippen LogP contribution in [0.25, 0.3) is 0 Å². The fraction of sp³-hybridized carbons (Fsp3) is 0.333. The van der Waals surface area contributed by atoms with E-state index in [4.69, 9.17) is 0 Å². The maximum Gasteiger partial charge on any atom is 0.256 e. The summed E-state index contributed by atoms with van der Waals surface area (Å²) in [5.74, 6) is -0.278. The molecule has 3 N–H and O–H groups in total. The number of benzene rings is 1. The average Bonchev–Trinajstić information content (AvgIpc) is 2.92. The molecule has 1 aromatic carbocycles. The van der Waals surface area contributed by atoms with Crippen molar-refractivity contribution in [2.45, 2.75) is 18.7 Å². The Kier molecular flexibility index (Phi) is 5.92. The number of hydrogen-bond acceptors (Lipinski definition) is 6. The number of hydrogen-bond donors (Lipinski definition) is 3. The van der Waals surface area contributed by atoms with Crippen molar-refractivity contribution in [2.24, 2.45) is 0 Å². The Morgan fingerprint density at radius 3 is 2.46 bits per heavy atom. The second-order valence-electron chi connectivity index (χ2n) is 5.19. The SMILES string of the molecule is CNc1snc(C)c1C(=O)NCCNS(=O)(=O)c1ccc(C)cc1.